The Morgan fingerprint density at radius 2 is 2.06 bits per heavy atom. The summed E-state index contributed by atoms with van der Waals surface area (Å²) in [6.45, 7) is 3.95. The first kappa shape index (κ1) is 12.5. The van der Waals surface area contributed by atoms with Crippen LogP contribution in [0.5, 0.6) is 0 Å². The topological polar surface area (TPSA) is 37.8 Å². The number of halogens is 1. The van der Waals surface area contributed by atoms with Gasteiger partial charge in [-0.15, -0.1) is 0 Å². The molecule has 0 spiro atoms. The van der Waals surface area contributed by atoms with Crippen molar-refractivity contribution in [3.05, 3.63) is 41.5 Å². The second-order valence-corrected chi connectivity index (χ2v) is 4.11. The number of aryl methyl sites for hydroxylation is 1. The molecule has 1 N–H and O–H groups in total. The van der Waals surface area contributed by atoms with Gasteiger partial charge in [-0.25, -0.2) is 14.4 Å². The van der Waals surface area contributed by atoms with Crippen molar-refractivity contribution >= 4 is 5.82 Å². The van der Waals surface area contributed by atoms with E-state index in [1.165, 1.54) is 18.5 Å². The monoisotopic (exact) mass is 245 g/mol. The third-order valence-electron chi connectivity index (χ3n) is 2.98. The molecule has 0 bridgehead atoms. The Morgan fingerprint density at radius 3 is 2.67 bits per heavy atom. The predicted octanol–water partition coefficient (Wildman–Crippen LogP) is 3.20. The molecule has 0 aliphatic rings. The highest BCUT2D eigenvalue weighted by Crippen LogP contribution is 2.28. The molecule has 2 aromatic rings. The van der Waals surface area contributed by atoms with Crippen LogP contribution in [0, 0.1) is 12.7 Å². The fourth-order valence-electron chi connectivity index (χ4n) is 2.09. The number of nitrogens with one attached hydrogen (secondary N) is 1. The van der Waals surface area contributed by atoms with Gasteiger partial charge in [-0.2, -0.15) is 0 Å². The molecule has 0 aliphatic heterocycles. The van der Waals surface area contributed by atoms with Crippen LogP contribution >= 0.6 is 0 Å². The van der Waals surface area contributed by atoms with Gasteiger partial charge in [-0.3, -0.25) is 0 Å². The average Bonchev–Trinajstić information content (AvgIpc) is 2.37. The van der Waals surface area contributed by atoms with E-state index in [0.29, 0.717) is 0 Å². The summed E-state index contributed by atoms with van der Waals surface area (Å²) in [4.78, 5) is 8.55. The Kier molecular flexibility index (Phi) is 3.55. The van der Waals surface area contributed by atoms with E-state index in [4.69, 9.17) is 0 Å². The van der Waals surface area contributed by atoms with Crippen molar-refractivity contribution in [1.82, 2.24) is 9.97 Å². The van der Waals surface area contributed by atoms with Gasteiger partial charge in [-0.05, 0) is 37.1 Å². The Hall–Kier alpha value is -1.97. The lowest BCUT2D eigenvalue weighted by atomic mass is 10.00. The first-order chi connectivity index (χ1) is 8.67. The largest absolute Gasteiger partial charge is 0.373 e. The molecule has 94 valence electrons. The molecule has 0 aliphatic carbocycles. The molecule has 0 atom stereocenters. The lowest BCUT2D eigenvalue weighted by molar-refractivity contribution is 0.627. The van der Waals surface area contributed by atoms with Crippen LogP contribution in [0.4, 0.5) is 10.2 Å². The van der Waals surface area contributed by atoms with Crippen LogP contribution in [0.3, 0.4) is 0 Å². The van der Waals surface area contributed by atoms with Crippen molar-refractivity contribution in [2.45, 2.75) is 20.3 Å². The van der Waals surface area contributed by atoms with Gasteiger partial charge in [0.15, 0.2) is 0 Å². The summed E-state index contributed by atoms with van der Waals surface area (Å²) in [7, 11) is 1.84. The molecule has 1 aromatic heterocycles. The summed E-state index contributed by atoms with van der Waals surface area (Å²) in [5.74, 6) is 0.600. The van der Waals surface area contributed by atoms with Crippen LogP contribution in [-0.2, 0) is 6.42 Å². The molecule has 0 saturated heterocycles. The van der Waals surface area contributed by atoms with E-state index >= 15 is 0 Å². The molecule has 0 unspecified atom stereocenters. The van der Waals surface area contributed by atoms with E-state index in [9.17, 15) is 4.39 Å². The van der Waals surface area contributed by atoms with E-state index < -0.39 is 0 Å². The van der Waals surface area contributed by atoms with Crippen molar-refractivity contribution in [3.63, 3.8) is 0 Å². The van der Waals surface area contributed by atoms with Crippen LogP contribution in [0.25, 0.3) is 11.3 Å². The van der Waals surface area contributed by atoms with Gasteiger partial charge in [0.2, 0.25) is 0 Å². The van der Waals surface area contributed by atoms with Crippen LogP contribution < -0.4 is 5.32 Å². The second-order valence-electron chi connectivity index (χ2n) is 4.11. The first-order valence-corrected chi connectivity index (χ1v) is 5.95. The zero-order valence-electron chi connectivity index (χ0n) is 10.8. The molecule has 4 heteroatoms. The SMILES string of the molecule is CCc1c(NC)ncnc1-c1ccc(F)cc1C. The van der Waals surface area contributed by atoms with Crippen LogP contribution in [0.1, 0.15) is 18.1 Å². The number of benzene rings is 1. The van der Waals surface area contributed by atoms with Crippen molar-refractivity contribution in [2.75, 3.05) is 12.4 Å². The molecule has 0 saturated carbocycles. The molecule has 0 fully saturated rings. The maximum absolute atomic E-state index is 13.1. The lowest BCUT2D eigenvalue weighted by Gasteiger charge is -2.12. The molecule has 0 amide bonds. The Bertz CT molecular complexity index is 567. The number of hydrogen-bond donors (Lipinski definition) is 1. The molecular weight excluding hydrogens is 229 g/mol. The summed E-state index contributed by atoms with van der Waals surface area (Å²) in [5, 5.41) is 3.06. The van der Waals surface area contributed by atoms with E-state index in [2.05, 4.69) is 22.2 Å². The standard InChI is InChI=1S/C14H16FN3/c1-4-11-13(17-8-18-14(11)16-3)12-6-5-10(15)7-9(12)2/h5-8H,4H2,1-3H3,(H,16,17,18). The molecule has 2 rings (SSSR count). The van der Waals surface area contributed by atoms with Gasteiger partial charge < -0.3 is 5.32 Å². The lowest BCUT2D eigenvalue weighted by Crippen LogP contribution is -2.02. The molecule has 18 heavy (non-hydrogen) atoms. The Labute approximate surface area is 106 Å². The van der Waals surface area contributed by atoms with Gasteiger partial charge in [0.05, 0.1) is 5.69 Å². The van der Waals surface area contributed by atoms with Crippen molar-refractivity contribution in [2.24, 2.45) is 0 Å². The highest BCUT2D eigenvalue weighted by Gasteiger charge is 2.12. The predicted molar refractivity (Wildman–Crippen MR) is 71.1 cm³/mol. The number of nitrogens with zero attached hydrogens (tertiary/aromatic N) is 2. The third-order valence-corrected chi connectivity index (χ3v) is 2.98. The quantitative estimate of drug-likeness (QED) is 0.902. The summed E-state index contributed by atoms with van der Waals surface area (Å²) >= 11 is 0. The van der Waals surface area contributed by atoms with Gasteiger partial charge in [-0.1, -0.05) is 6.92 Å². The zero-order valence-corrected chi connectivity index (χ0v) is 10.8. The minimum Gasteiger partial charge on any atom is -0.373 e. The highest BCUT2D eigenvalue weighted by molar-refractivity contribution is 5.70. The van der Waals surface area contributed by atoms with E-state index in [-0.39, 0.29) is 5.82 Å². The number of hydrogen-bond acceptors (Lipinski definition) is 3. The minimum absolute atomic E-state index is 0.225. The van der Waals surface area contributed by atoms with Crippen molar-refractivity contribution in [1.29, 1.82) is 0 Å². The Morgan fingerprint density at radius 1 is 1.28 bits per heavy atom. The number of anilines is 1. The average molecular weight is 245 g/mol. The van der Waals surface area contributed by atoms with Gasteiger partial charge in [0.1, 0.15) is 18.0 Å². The van der Waals surface area contributed by atoms with Crippen molar-refractivity contribution < 1.29 is 4.39 Å². The molecular formula is C14H16FN3. The molecule has 0 radical (unpaired) electrons. The van der Waals surface area contributed by atoms with E-state index in [1.54, 1.807) is 6.07 Å². The van der Waals surface area contributed by atoms with Crippen LogP contribution in [0.2, 0.25) is 0 Å². The van der Waals surface area contributed by atoms with Gasteiger partial charge >= 0.3 is 0 Å². The third kappa shape index (κ3) is 2.18. The highest BCUT2D eigenvalue weighted by atomic mass is 19.1. The Balaban J connectivity index is 2.63. The normalized spacial score (nSPS) is 10.4. The van der Waals surface area contributed by atoms with Crippen LogP contribution in [-0.4, -0.2) is 17.0 Å². The summed E-state index contributed by atoms with van der Waals surface area (Å²) in [6.07, 6.45) is 2.35. The molecule has 1 aromatic carbocycles. The maximum Gasteiger partial charge on any atom is 0.132 e. The minimum atomic E-state index is -0.225. The first-order valence-electron chi connectivity index (χ1n) is 5.95. The molecule has 3 nitrogen and oxygen atoms in total. The molecule has 1 heterocycles. The number of rotatable bonds is 3. The van der Waals surface area contributed by atoms with Gasteiger partial charge in [0, 0.05) is 18.2 Å². The summed E-state index contributed by atoms with van der Waals surface area (Å²) in [6, 6.07) is 4.75. The fourth-order valence-corrected chi connectivity index (χ4v) is 2.09. The van der Waals surface area contributed by atoms with E-state index in [1.807, 2.05) is 14.0 Å². The van der Waals surface area contributed by atoms with Crippen molar-refractivity contribution in [3.8, 4) is 11.3 Å². The summed E-state index contributed by atoms with van der Waals surface area (Å²) in [5.41, 5.74) is 3.75. The van der Waals surface area contributed by atoms with Crippen LogP contribution in [0.15, 0.2) is 24.5 Å². The summed E-state index contributed by atoms with van der Waals surface area (Å²) < 4.78 is 13.1. The van der Waals surface area contributed by atoms with Gasteiger partial charge in [0.25, 0.3) is 0 Å². The second kappa shape index (κ2) is 5.12. The zero-order chi connectivity index (χ0) is 13.1. The smallest absolute Gasteiger partial charge is 0.132 e. The fraction of sp³-hybridized carbons (Fsp3) is 0.286. The van der Waals surface area contributed by atoms with E-state index in [0.717, 1.165) is 34.6 Å². The maximum atomic E-state index is 13.1. The number of aromatic nitrogens is 2.